The number of nitrogens with zero attached hydrogens (tertiary/aromatic N) is 7. The maximum Gasteiger partial charge on any atom is 0.186 e. The second-order valence-electron chi connectivity index (χ2n) is 8.44. The molecule has 1 atom stereocenters. The maximum atomic E-state index is 5.55. The Hall–Kier alpha value is -3.76. The van der Waals surface area contributed by atoms with E-state index in [2.05, 4.69) is 55.7 Å². The number of ether oxygens (including phenoxy) is 1. The summed E-state index contributed by atoms with van der Waals surface area (Å²) in [5, 5.41) is 13.8. The van der Waals surface area contributed by atoms with Gasteiger partial charge in [-0.1, -0.05) is 35.6 Å². The van der Waals surface area contributed by atoms with Crippen LogP contribution in [0, 0.1) is 0 Å². The molecule has 1 saturated heterocycles. The number of hydrogen-bond acceptors (Lipinski definition) is 9. The molecule has 5 aromatic rings. The zero-order valence-electron chi connectivity index (χ0n) is 19.3. The summed E-state index contributed by atoms with van der Waals surface area (Å²) in [4.78, 5) is 9.67. The number of hydrogen-bond donors (Lipinski definition) is 0. The van der Waals surface area contributed by atoms with Crippen molar-refractivity contribution in [1.29, 1.82) is 0 Å². The predicted molar refractivity (Wildman–Crippen MR) is 134 cm³/mol. The third-order valence-corrected chi connectivity index (χ3v) is 7.45. The van der Waals surface area contributed by atoms with Gasteiger partial charge in [-0.05, 0) is 52.4 Å². The molecule has 178 valence electrons. The Labute approximate surface area is 206 Å². The van der Waals surface area contributed by atoms with Crippen LogP contribution < -0.4 is 9.64 Å². The summed E-state index contributed by atoms with van der Waals surface area (Å²) in [6.45, 7) is 3.96. The molecular weight excluding hydrogens is 462 g/mol. The SMILES string of the molecule is COc1ccc([C@@H](c2nnnn2Cc2ccco2)N2CCN(c3nc4ccccc4s3)CC2)cc1. The van der Waals surface area contributed by atoms with Crippen molar-refractivity contribution in [3.05, 3.63) is 84.1 Å². The summed E-state index contributed by atoms with van der Waals surface area (Å²) in [6.07, 6.45) is 1.67. The smallest absolute Gasteiger partial charge is 0.186 e. The second-order valence-corrected chi connectivity index (χ2v) is 9.45. The van der Waals surface area contributed by atoms with Crippen molar-refractivity contribution in [3.63, 3.8) is 0 Å². The fourth-order valence-corrected chi connectivity index (χ4v) is 5.56. The Bertz CT molecular complexity index is 1360. The van der Waals surface area contributed by atoms with E-state index in [1.807, 2.05) is 35.0 Å². The molecule has 1 fully saturated rings. The lowest BCUT2D eigenvalue weighted by Crippen LogP contribution is -2.48. The van der Waals surface area contributed by atoms with Crippen LogP contribution in [0.25, 0.3) is 10.2 Å². The highest BCUT2D eigenvalue weighted by Crippen LogP contribution is 2.33. The molecule has 1 aliphatic rings. The van der Waals surface area contributed by atoms with Gasteiger partial charge in [-0.15, -0.1) is 5.10 Å². The molecule has 0 N–H and O–H groups in total. The molecular formula is C25H25N7O2S. The largest absolute Gasteiger partial charge is 0.497 e. The van der Waals surface area contributed by atoms with Gasteiger partial charge in [0.15, 0.2) is 11.0 Å². The van der Waals surface area contributed by atoms with E-state index in [-0.39, 0.29) is 6.04 Å². The second kappa shape index (κ2) is 9.47. The Balaban J connectivity index is 1.27. The minimum absolute atomic E-state index is 0.0941. The number of rotatable bonds is 7. The Morgan fingerprint density at radius 1 is 1.00 bits per heavy atom. The Kier molecular flexibility index (Phi) is 5.89. The van der Waals surface area contributed by atoms with Gasteiger partial charge in [-0.2, -0.15) is 0 Å². The normalized spacial score (nSPS) is 15.5. The number of fused-ring (bicyclic) bond motifs is 1. The predicted octanol–water partition coefficient (Wildman–Crippen LogP) is 3.84. The molecule has 3 aromatic heterocycles. The molecule has 0 saturated carbocycles. The van der Waals surface area contributed by atoms with E-state index in [1.54, 1.807) is 24.7 Å². The first kappa shape index (κ1) is 21.8. The molecule has 9 nitrogen and oxygen atoms in total. The van der Waals surface area contributed by atoms with E-state index in [9.17, 15) is 0 Å². The number of para-hydroxylation sites is 1. The van der Waals surface area contributed by atoms with Crippen LogP contribution in [0.5, 0.6) is 5.75 Å². The Morgan fingerprint density at radius 3 is 2.57 bits per heavy atom. The van der Waals surface area contributed by atoms with Crippen molar-refractivity contribution in [3.8, 4) is 5.75 Å². The van der Waals surface area contributed by atoms with Gasteiger partial charge in [0.2, 0.25) is 0 Å². The summed E-state index contributed by atoms with van der Waals surface area (Å²) in [7, 11) is 1.68. The van der Waals surface area contributed by atoms with Crippen molar-refractivity contribution >= 4 is 26.7 Å². The summed E-state index contributed by atoms with van der Waals surface area (Å²) in [5.41, 5.74) is 2.18. The van der Waals surface area contributed by atoms with Crippen LogP contribution in [0.4, 0.5) is 5.13 Å². The number of aromatic nitrogens is 5. The topological polar surface area (TPSA) is 85.3 Å². The van der Waals surface area contributed by atoms with Crippen LogP contribution in [0.15, 0.2) is 71.3 Å². The molecule has 35 heavy (non-hydrogen) atoms. The standard InChI is InChI=1S/C25H25N7O2S/c1-33-19-10-8-18(9-11-19)23(24-27-28-29-32(24)17-20-5-4-16-34-20)30-12-14-31(15-13-30)25-26-21-6-2-3-7-22(21)35-25/h2-11,16,23H,12-15,17H2,1H3/t23-/m0/s1. The average Bonchev–Trinajstić information content (AvgIpc) is 3.67. The number of anilines is 1. The van der Waals surface area contributed by atoms with E-state index < -0.39 is 0 Å². The van der Waals surface area contributed by atoms with Crippen molar-refractivity contribution in [2.45, 2.75) is 12.6 Å². The molecule has 6 rings (SSSR count). The third kappa shape index (κ3) is 4.38. The molecule has 0 amide bonds. The van der Waals surface area contributed by atoms with Gasteiger partial charge in [-0.25, -0.2) is 9.67 Å². The summed E-state index contributed by atoms with van der Waals surface area (Å²) in [5.74, 6) is 2.43. The summed E-state index contributed by atoms with van der Waals surface area (Å²) >= 11 is 1.75. The molecule has 0 aliphatic carbocycles. The maximum absolute atomic E-state index is 5.55. The lowest BCUT2D eigenvalue weighted by Gasteiger charge is -2.38. The number of methoxy groups -OCH3 is 1. The average molecular weight is 488 g/mol. The van der Waals surface area contributed by atoms with Gasteiger partial charge in [0.25, 0.3) is 0 Å². The summed E-state index contributed by atoms with van der Waals surface area (Å²) in [6, 6.07) is 20.2. The van der Waals surface area contributed by atoms with E-state index in [0.29, 0.717) is 6.54 Å². The van der Waals surface area contributed by atoms with Crippen molar-refractivity contribution in [2.75, 3.05) is 38.2 Å². The number of thiazole rings is 1. The van der Waals surface area contributed by atoms with Crippen LogP contribution in [0.1, 0.15) is 23.2 Å². The van der Waals surface area contributed by atoms with Gasteiger partial charge in [0.05, 0.1) is 29.6 Å². The lowest BCUT2D eigenvalue weighted by atomic mass is 10.0. The first-order chi connectivity index (χ1) is 17.3. The van der Waals surface area contributed by atoms with E-state index in [1.165, 1.54) is 4.70 Å². The van der Waals surface area contributed by atoms with E-state index in [4.69, 9.17) is 14.1 Å². The highest BCUT2D eigenvalue weighted by atomic mass is 32.1. The minimum Gasteiger partial charge on any atom is -0.497 e. The molecule has 1 aliphatic heterocycles. The lowest BCUT2D eigenvalue weighted by molar-refractivity contribution is 0.200. The number of piperazine rings is 1. The summed E-state index contributed by atoms with van der Waals surface area (Å²) < 4.78 is 14.0. The molecule has 0 radical (unpaired) electrons. The van der Waals surface area contributed by atoms with Gasteiger partial charge in [0, 0.05) is 26.2 Å². The molecule has 0 spiro atoms. The van der Waals surface area contributed by atoms with Crippen LogP contribution in [0.3, 0.4) is 0 Å². The number of tetrazole rings is 1. The van der Waals surface area contributed by atoms with Crippen LogP contribution in [-0.4, -0.2) is 63.4 Å². The fraction of sp³-hybridized carbons (Fsp3) is 0.280. The zero-order valence-corrected chi connectivity index (χ0v) is 20.1. The molecule has 4 heterocycles. The van der Waals surface area contributed by atoms with Crippen molar-refractivity contribution < 1.29 is 9.15 Å². The molecule has 10 heteroatoms. The quantitative estimate of drug-likeness (QED) is 0.342. The van der Waals surface area contributed by atoms with Gasteiger partial charge in [0.1, 0.15) is 18.1 Å². The van der Waals surface area contributed by atoms with E-state index >= 15 is 0 Å². The minimum atomic E-state index is -0.0941. The Morgan fingerprint density at radius 2 is 1.83 bits per heavy atom. The third-order valence-electron chi connectivity index (χ3n) is 6.35. The molecule has 0 unspecified atom stereocenters. The highest BCUT2D eigenvalue weighted by molar-refractivity contribution is 7.22. The fourth-order valence-electron chi connectivity index (χ4n) is 4.55. The van der Waals surface area contributed by atoms with Crippen LogP contribution in [0.2, 0.25) is 0 Å². The van der Waals surface area contributed by atoms with Crippen LogP contribution >= 0.6 is 11.3 Å². The number of benzene rings is 2. The first-order valence-corrected chi connectivity index (χ1v) is 12.4. The van der Waals surface area contributed by atoms with Crippen molar-refractivity contribution in [1.82, 2.24) is 30.1 Å². The van der Waals surface area contributed by atoms with E-state index in [0.717, 1.165) is 59.7 Å². The zero-order chi connectivity index (χ0) is 23.6. The molecule has 2 aromatic carbocycles. The number of furan rings is 1. The monoisotopic (exact) mass is 487 g/mol. The first-order valence-electron chi connectivity index (χ1n) is 11.6. The highest BCUT2D eigenvalue weighted by Gasteiger charge is 2.31. The van der Waals surface area contributed by atoms with Gasteiger partial charge in [-0.3, -0.25) is 4.90 Å². The van der Waals surface area contributed by atoms with Gasteiger partial charge >= 0.3 is 0 Å². The van der Waals surface area contributed by atoms with Gasteiger partial charge < -0.3 is 14.1 Å². The molecule has 0 bridgehead atoms. The van der Waals surface area contributed by atoms with Crippen molar-refractivity contribution in [2.24, 2.45) is 0 Å². The van der Waals surface area contributed by atoms with Crippen LogP contribution in [-0.2, 0) is 6.54 Å².